The maximum atomic E-state index is 13.5. The summed E-state index contributed by atoms with van der Waals surface area (Å²) in [5.41, 5.74) is 0.0702. The first-order chi connectivity index (χ1) is 12.2. The second-order valence-corrected chi connectivity index (χ2v) is 7.66. The van der Waals surface area contributed by atoms with Crippen LogP contribution in [0.3, 0.4) is 0 Å². The van der Waals surface area contributed by atoms with Gasteiger partial charge in [0.1, 0.15) is 11.4 Å². The number of carbonyl (C=O) groups is 1. The number of carbonyl (C=O) groups excluding carboxylic acids is 1. The molecule has 0 atom stereocenters. The summed E-state index contributed by atoms with van der Waals surface area (Å²) in [6.45, 7) is -0.137. The van der Waals surface area contributed by atoms with Crippen molar-refractivity contribution in [2.45, 2.75) is 0 Å². The summed E-state index contributed by atoms with van der Waals surface area (Å²) in [5, 5.41) is 2.52. The number of aromatic nitrogens is 1. The Balaban J connectivity index is 1.76. The molecule has 0 bridgehead atoms. The van der Waals surface area contributed by atoms with Crippen LogP contribution in [-0.4, -0.2) is 39.0 Å². The molecule has 3 rings (SSSR count). The highest BCUT2D eigenvalue weighted by atomic mass is 32.2. The van der Waals surface area contributed by atoms with E-state index in [0.717, 1.165) is 14.7 Å². The Labute approximate surface area is 149 Å². The van der Waals surface area contributed by atoms with E-state index in [-0.39, 0.29) is 24.3 Å². The van der Waals surface area contributed by atoms with Gasteiger partial charge in [-0.25, -0.2) is 8.70 Å². The van der Waals surface area contributed by atoms with Crippen LogP contribution in [0.25, 0.3) is 0 Å². The fraction of sp³-hybridized carbons (Fsp3) is 0.250. The van der Waals surface area contributed by atoms with Gasteiger partial charge in [0.05, 0.1) is 17.9 Å². The minimum atomic E-state index is -3.84. The maximum absolute atomic E-state index is 13.5. The number of hydrogen-bond acceptors (Lipinski definition) is 4. The van der Waals surface area contributed by atoms with Crippen LogP contribution in [0.15, 0.2) is 41.3 Å². The van der Waals surface area contributed by atoms with Gasteiger partial charge in [-0.15, -0.1) is 0 Å². The second kappa shape index (κ2) is 6.45. The fourth-order valence-electron chi connectivity index (χ4n) is 2.73. The molecule has 2 aromatic rings. The smallest absolute Gasteiger partial charge is 0.326 e. The zero-order chi connectivity index (χ0) is 19.1. The minimum absolute atomic E-state index is 0.0390. The van der Waals surface area contributed by atoms with Crippen molar-refractivity contribution in [3.63, 3.8) is 0 Å². The van der Waals surface area contributed by atoms with Crippen molar-refractivity contribution in [1.29, 1.82) is 0 Å². The molecule has 0 spiro atoms. The van der Waals surface area contributed by atoms with Gasteiger partial charge in [-0.3, -0.25) is 13.9 Å². The molecule has 8 nitrogen and oxygen atoms in total. The average Bonchev–Trinajstić information content (AvgIpc) is 2.77. The topological polar surface area (TPSA) is 91.7 Å². The van der Waals surface area contributed by atoms with E-state index in [4.69, 9.17) is 0 Å². The first-order valence-electron chi connectivity index (χ1n) is 7.73. The number of pyridine rings is 1. The zero-order valence-corrected chi connectivity index (χ0v) is 15.0. The molecule has 0 unspecified atom stereocenters. The molecule has 138 valence electrons. The molecule has 0 aliphatic carbocycles. The lowest BCUT2D eigenvalue weighted by Gasteiger charge is -2.19. The standard InChI is InChI=1S/C16H17FN4O4S/c1-19-8-3-4-12(16(19)23)15(22)18-7-9-21-14-10-11(17)5-6-13(14)20(2)26(21,24)25/h3-6,8,10H,7,9H2,1-2H3,(H,18,22). The quantitative estimate of drug-likeness (QED) is 0.834. The molecule has 1 aliphatic rings. The summed E-state index contributed by atoms with van der Waals surface area (Å²) < 4.78 is 41.8. The van der Waals surface area contributed by atoms with E-state index in [1.807, 2.05) is 0 Å². The first kappa shape index (κ1) is 17.9. The molecule has 0 fully saturated rings. The van der Waals surface area contributed by atoms with Crippen molar-refractivity contribution in [2.24, 2.45) is 7.05 Å². The minimum Gasteiger partial charge on any atom is -0.350 e. The molecular formula is C16H17FN4O4S. The lowest BCUT2D eigenvalue weighted by atomic mass is 10.2. The molecule has 0 saturated heterocycles. The van der Waals surface area contributed by atoms with Crippen molar-refractivity contribution >= 4 is 27.5 Å². The van der Waals surface area contributed by atoms with Gasteiger partial charge < -0.3 is 9.88 Å². The monoisotopic (exact) mass is 380 g/mol. The van der Waals surface area contributed by atoms with E-state index in [2.05, 4.69) is 5.32 Å². The zero-order valence-electron chi connectivity index (χ0n) is 14.1. The predicted molar refractivity (Wildman–Crippen MR) is 95.1 cm³/mol. The van der Waals surface area contributed by atoms with Crippen molar-refractivity contribution in [2.75, 3.05) is 28.7 Å². The highest BCUT2D eigenvalue weighted by Crippen LogP contribution is 2.39. The predicted octanol–water partition coefficient (Wildman–Crippen LogP) is 0.455. The number of nitrogens with one attached hydrogen (secondary N) is 1. The summed E-state index contributed by atoms with van der Waals surface area (Å²) >= 11 is 0. The number of halogens is 1. The summed E-state index contributed by atoms with van der Waals surface area (Å²) in [6, 6.07) is 6.65. The lowest BCUT2D eigenvalue weighted by molar-refractivity contribution is 0.0953. The van der Waals surface area contributed by atoms with Crippen molar-refractivity contribution in [1.82, 2.24) is 9.88 Å². The normalized spacial score (nSPS) is 15.0. The Bertz CT molecular complexity index is 1030. The molecule has 26 heavy (non-hydrogen) atoms. The van der Waals surface area contributed by atoms with E-state index in [9.17, 15) is 22.4 Å². The van der Waals surface area contributed by atoms with Crippen molar-refractivity contribution < 1.29 is 17.6 Å². The largest absolute Gasteiger partial charge is 0.350 e. The highest BCUT2D eigenvalue weighted by molar-refractivity contribution is 7.94. The molecule has 10 heteroatoms. The summed E-state index contributed by atoms with van der Waals surface area (Å²) in [4.78, 5) is 24.1. The summed E-state index contributed by atoms with van der Waals surface area (Å²) in [5.74, 6) is -1.16. The van der Waals surface area contributed by atoms with Crippen LogP contribution in [0.4, 0.5) is 15.8 Å². The number of rotatable bonds is 4. The van der Waals surface area contributed by atoms with Crippen LogP contribution in [0.2, 0.25) is 0 Å². The average molecular weight is 380 g/mol. The van der Waals surface area contributed by atoms with Crippen LogP contribution in [0.1, 0.15) is 10.4 Å². The van der Waals surface area contributed by atoms with Gasteiger partial charge in [0.25, 0.3) is 11.5 Å². The van der Waals surface area contributed by atoms with Gasteiger partial charge in [-0.2, -0.15) is 8.42 Å². The third-order valence-corrected chi connectivity index (χ3v) is 5.96. The molecule has 1 aromatic heterocycles. The lowest BCUT2D eigenvalue weighted by Crippen LogP contribution is -2.41. The van der Waals surface area contributed by atoms with Gasteiger partial charge in [-0.1, -0.05) is 0 Å². The second-order valence-electron chi connectivity index (χ2n) is 5.77. The van der Waals surface area contributed by atoms with Crippen LogP contribution in [-0.2, 0) is 17.3 Å². The highest BCUT2D eigenvalue weighted by Gasteiger charge is 2.37. The Kier molecular flexibility index (Phi) is 4.45. The number of hydrogen-bond donors (Lipinski definition) is 1. The maximum Gasteiger partial charge on any atom is 0.326 e. The Hall–Kier alpha value is -2.88. The number of aryl methyl sites for hydroxylation is 1. The van der Waals surface area contributed by atoms with E-state index in [0.29, 0.717) is 5.69 Å². The first-order valence-corrected chi connectivity index (χ1v) is 9.13. The van der Waals surface area contributed by atoms with E-state index in [1.54, 1.807) is 6.07 Å². The molecule has 0 saturated carbocycles. The van der Waals surface area contributed by atoms with E-state index >= 15 is 0 Å². The Morgan fingerprint density at radius 2 is 1.92 bits per heavy atom. The number of benzene rings is 1. The number of fused-ring (bicyclic) bond motifs is 1. The van der Waals surface area contributed by atoms with Gasteiger partial charge >= 0.3 is 10.2 Å². The molecule has 1 N–H and O–H groups in total. The van der Waals surface area contributed by atoms with Gasteiger partial charge in [0.2, 0.25) is 0 Å². The molecular weight excluding hydrogens is 363 g/mol. The SMILES string of the molecule is CN1c2ccc(F)cc2N(CCNC(=O)c2cccn(C)c2=O)S1(=O)=O. The summed E-state index contributed by atoms with van der Waals surface area (Å²) in [6.07, 6.45) is 1.53. The van der Waals surface area contributed by atoms with Crippen LogP contribution >= 0.6 is 0 Å². The van der Waals surface area contributed by atoms with E-state index < -0.39 is 27.5 Å². The molecule has 1 aliphatic heterocycles. The third-order valence-electron chi connectivity index (χ3n) is 4.14. The fourth-order valence-corrected chi connectivity index (χ4v) is 4.15. The van der Waals surface area contributed by atoms with Crippen LogP contribution in [0.5, 0.6) is 0 Å². The molecule has 0 radical (unpaired) electrons. The van der Waals surface area contributed by atoms with Crippen LogP contribution < -0.4 is 19.5 Å². The third kappa shape index (κ3) is 2.92. The molecule has 1 aromatic carbocycles. The summed E-state index contributed by atoms with van der Waals surface area (Å²) in [7, 11) is -0.938. The molecule has 2 heterocycles. The van der Waals surface area contributed by atoms with Gasteiger partial charge in [0.15, 0.2) is 0 Å². The van der Waals surface area contributed by atoms with Gasteiger partial charge in [-0.05, 0) is 24.3 Å². The number of nitrogens with zero attached hydrogens (tertiary/aromatic N) is 3. The Morgan fingerprint density at radius 1 is 1.19 bits per heavy atom. The van der Waals surface area contributed by atoms with Crippen molar-refractivity contribution in [3.05, 3.63) is 58.3 Å². The van der Waals surface area contributed by atoms with E-state index in [1.165, 1.54) is 43.1 Å². The molecule has 1 amide bonds. The number of amides is 1. The number of anilines is 2. The van der Waals surface area contributed by atoms with Crippen LogP contribution in [0, 0.1) is 5.82 Å². The van der Waals surface area contributed by atoms with Gasteiger partial charge in [0, 0.05) is 32.9 Å². The van der Waals surface area contributed by atoms with Crippen molar-refractivity contribution in [3.8, 4) is 0 Å². The Morgan fingerprint density at radius 3 is 2.65 bits per heavy atom.